The summed E-state index contributed by atoms with van der Waals surface area (Å²) in [6.45, 7) is 7.39. The molecule has 4 atom stereocenters. The molecule has 0 aliphatic carbocycles. The van der Waals surface area contributed by atoms with Gasteiger partial charge in [0.25, 0.3) is 11.5 Å². The molecule has 2 aliphatic rings. The van der Waals surface area contributed by atoms with Crippen LogP contribution >= 0.6 is 15.0 Å². The number of benzene rings is 1. The van der Waals surface area contributed by atoms with Gasteiger partial charge >= 0.3 is 14.7 Å². The van der Waals surface area contributed by atoms with Gasteiger partial charge in [-0.15, -0.1) is 0 Å². The second-order valence-electron chi connectivity index (χ2n) is 13.0. The summed E-state index contributed by atoms with van der Waals surface area (Å²) in [5.74, 6) is -2.24. The van der Waals surface area contributed by atoms with Gasteiger partial charge in [-0.05, 0) is 50.1 Å². The SMILES string of the molecule is CC(C)C[C@@H](NC(=O)[C@H](CC(=O)C1=N[C+]=CN=C1)Cc1ccccc1)B1OCCCN(CCCC(=O)NC(P(C)(=O)O)P(=O)(O)O)CCCO1. The molecule has 1 aromatic rings. The van der Waals surface area contributed by atoms with Gasteiger partial charge in [0, 0.05) is 50.8 Å². The molecule has 0 radical (unpaired) electrons. The monoisotopic (exact) mass is 736 g/mol. The zero-order valence-corrected chi connectivity index (χ0v) is 30.6. The van der Waals surface area contributed by atoms with Crippen LogP contribution in [0.2, 0.25) is 0 Å². The molecule has 3 rings (SSSR count). The molecule has 0 bridgehead atoms. The lowest BCUT2D eigenvalue weighted by Gasteiger charge is -2.30. The lowest BCUT2D eigenvalue weighted by atomic mass is 9.73. The number of amides is 2. The molecule has 5 N–H and O–H groups in total. The van der Waals surface area contributed by atoms with Gasteiger partial charge in [-0.25, -0.2) is 4.99 Å². The molecule has 1 saturated heterocycles. The van der Waals surface area contributed by atoms with Gasteiger partial charge in [0.15, 0.2) is 6.20 Å². The molecule has 2 unspecified atom stereocenters. The van der Waals surface area contributed by atoms with Crippen molar-refractivity contribution >= 4 is 51.6 Å². The Morgan fingerprint density at radius 2 is 1.70 bits per heavy atom. The fourth-order valence-corrected chi connectivity index (χ4v) is 8.62. The number of aliphatic imine (C=N–C) groups is 2. The quantitative estimate of drug-likeness (QED) is 0.0890. The Morgan fingerprint density at radius 3 is 2.26 bits per heavy atom. The van der Waals surface area contributed by atoms with E-state index < -0.39 is 45.4 Å². The molecular weight excluding hydrogens is 687 g/mol. The van der Waals surface area contributed by atoms with Crippen LogP contribution in [0.25, 0.3) is 0 Å². The highest BCUT2D eigenvalue weighted by molar-refractivity contribution is 7.73. The summed E-state index contributed by atoms with van der Waals surface area (Å²) in [6.07, 6.45) is 7.74. The Bertz CT molecular complexity index is 1430. The number of hydrogen-bond acceptors (Lipinski definition) is 10. The fraction of sp³-hybridized carbons (Fsp3) is 0.594. The van der Waals surface area contributed by atoms with Gasteiger partial charge in [-0.2, -0.15) is 0 Å². The van der Waals surface area contributed by atoms with Crippen LogP contribution in [0.3, 0.4) is 0 Å². The molecule has 1 aromatic carbocycles. The largest absolute Gasteiger partial charge is 0.480 e. The van der Waals surface area contributed by atoms with Gasteiger partial charge < -0.3 is 39.5 Å². The standard InChI is InChI=1S/C32H48BN5O10P2/c1-24(2)20-29(36-31(41)26(21-25-10-5-4-6-11-25)22-28(39)27-23-34-13-14-35-27)33-47-18-8-16-38(17-9-19-48-33)15-7-12-30(40)37-32(49(3,42)43)50(44,45)46/h4-6,10-11,13,23-24,26,29,32H,7-9,12,15-22H2,1-3H3,(H4-,36,37,40,41,42,43,44,45,46)/p+1/t26-,29+,32?/m0/s1. The third-order valence-corrected chi connectivity index (χ3v) is 12.0. The highest BCUT2D eigenvalue weighted by Crippen LogP contribution is 2.58. The molecule has 2 amide bonds. The molecular formula is C32H49BN5O10P2+. The number of carbonyl (C=O) groups excluding carboxylic acids is 3. The minimum atomic E-state index is -5.02. The average Bonchev–Trinajstić information content (AvgIpc) is 3.05. The highest BCUT2D eigenvalue weighted by atomic mass is 31.2. The van der Waals surface area contributed by atoms with Crippen molar-refractivity contribution in [2.45, 2.75) is 70.3 Å². The Balaban J connectivity index is 1.58. The normalized spacial score (nSPS) is 19.0. The molecule has 2 heterocycles. The zero-order valence-electron chi connectivity index (χ0n) is 28.8. The van der Waals surface area contributed by atoms with E-state index >= 15 is 0 Å². The second kappa shape index (κ2) is 20.2. The van der Waals surface area contributed by atoms with Crippen LogP contribution in [-0.4, -0.2) is 107 Å². The Labute approximate surface area is 294 Å². The van der Waals surface area contributed by atoms with Crippen molar-refractivity contribution in [2.75, 3.05) is 39.5 Å². The van der Waals surface area contributed by atoms with Gasteiger partial charge in [-0.1, -0.05) is 44.2 Å². The molecule has 274 valence electrons. The first-order valence-corrected chi connectivity index (χ1v) is 20.6. The minimum absolute atomic E-state index is 0.0589. The first-order valence-electron chi connectivity index (χ1n) is 16.8. The van der Waals surface area contributed by atoms with Gasteiger partial charge in [-0.3, -0.25) is 23.5 Å². The van der Waals surface area contributed by atoms with E-state index in [4.69, 9.17) is 9.31 Å². The Kier molecular flexibility index (Phi) is 16.8. The molecule has 2 aliphatic heterocycles. The van der Waals surface area contributed by atoms with E-state index in [1.165, 1.54) is 12.4 Å². The van der Waals surface area contributed by atoms with E-state index in [1.807, 2.05) is 49.5 Å². The number of Topliss-reactive ketones (excluding diaryl/α,β-unsaturated/α-hetero) is 1. The van der Waals surface area contributed by atoms with Crippen molar-refractivity contribution in [1.82, 2.24) is 15.5 Å². The lowest BCUT2D eigenvalue weighted by Crippen LogP contribution is -2.52. The van der Waals surface area contributed by atoms with Crippen LogP contribution in [-0.2, 0) is 39.2 Å². The molecule has 0 spiro atoms. The second-order valence-corrected chi connectivity index (χ2v) is 17.5. The number of rotatable bonds is 17. The summed E-state index contributed by atoms with van der Waals surface area (Å²) in [4.78, 5) is 77.7. The van der Waals surface area contributed by atoms with Crippen molar-refractivity contribution in [2.24, 2.45) is 21.8 Å². The van der Waals surface area contributed by atoms with E-state index in [2.05, 4.69) is 26.4 Å². The van der Waals surface area contributed by atoms with Gasteiger partial charge in [0.1, 0.15) is 6.21 Å². The van der Waals surface area contributed by atoms with Gasteiger partial charge in [0.05, 0.1) is 11.9 Å². The predicted octanol–water partition coefficient (Wildman–Crippen LogP) is 2.55. The van der Waals surface area contributed by atoms with Crippen molar-refractivity contribution in [3.05, 3.63) is 48.3 Å². The molecule has 50 heavy (non-hydrogen) atoms. The number of nitrogens with zero attached hydrogens (tertiary/aromatic N) is 3. The maximum atomic E-state index is 13.9. The van der Waals surface area contributed by atoms with E-state index in [0.29, 0.717) is 65.0 Å². The van der Waals surface area contributed by atoms with Gasteiger partial charge in [0.2, 0.25) is 30.9 Å². The first kappa shape index (κ1) is 41.5. The van der Waals surface area contributed by atoms with Crippen molar-refractivity contribution in [3.63, 3.8) is 0 Å². The Morgan fingerprint density at radius 1 is 1.04 bits per heavy atom. The third-order valence-electron chi connectivity index (χ3n) is 8.05. The third kappa shape index (κ3) is 14.8. The van der Waals surface area contributed by atoms with Crippen LogP contribution in [0.5, 0.6) is 0 Å². The van der Waals surface area contributed by atoms with Crippen LogP contribution in [0.1, 0.15) is 57.9 Å². The number of hydrogen-bond donors (Lipinski definition) is 5. The maximum absolute atomic E-state index is 13.9. The molecule has 1 fully saturated rings. The van der Waals surface area contributed by atoms with Crippen molar-refractivity contribution in [1.29, 1.82) is 0 Å². The van der Waals surface area contributed by atoms with E-state index in [0.717, 1.165) is 12.2 Å². The molecule has 15 nitrogen and oxygen atoms in total. The molecule has 0 aromatic heterocycles. The summed E-state index contributed by atoms with van der Waals surface area (Å²) >= 11 is 0. The van der Waals surface area contributed by atoms with Crippen LogP contribution < -0.4 is 10.6 Å². The van der Waals surface area contributed by atoms with Crippen LogP contribution in [0.15, 0.2) is 46.5 Å². The van der Waals surface area contributed by atoms with Crippen molar-refractivity contribution < 1.29 is 47.5 Å². The summed E-state index contributed by atoms with van der Waals surface area (Å²) < 4.78 is 35.9. The highest BCUT2D eigenvalue weighted by Gasteiger charge is 2.42. The minimum Gasteiger partial charge on any atom is -0.410 e. The summed E-state index contributed by atoms with van der Waals surface area (Å²) in [5, 5.41) is 5.17. The smallest absolute Gasteiger partial charge is 0.410 e. The van der Waals surface area contributed by atoms with Crippen LogP contribution in [0.4, 0.5) is 0 Å². The van der Waals surface area contributed by atoms with Crippen LogP contribution in [0, 0.1) is 18.0 Å². The van der Waals surface area contributed by atoms with Crippen molar-refractivity contribution in [3.8, 4) is 0 Å². The lowest BCUT2D eigenvalue weighted by molar-refractivity contribution is -0.128. The summed E-state index contributed by atoms with van der Waals surface area (Å²) in [7, 11) is -10.00. The fourth-order valence-electron chi connectivity index (χ4n) is 5.69. The summed E-state index contributed by atoms with van der Waals surface area (Å²) in [6, 6.07) is 9.50. The van der Waals surface area contributed by atoms with E-state index in [-0.39, 0.29) is 36.2 Å². The van der Waals surface area contributed by atoms with E-state index in [1.54, 1.807) is 0 Å². The number of nitrogens with one attached hydrogen (secondary N) is 2. The topological polar surface area (TPSA) is 217 Å². The van der Waals surface area contributed by atoms with E-state index in [9.17, 15) is 38.2 Å². The summed E-state index contributed by atoms with van der Waals surface area (Å²) in [5.41, 5.74) is -1.06. The predicted molar refractivity (Wildman–Crippen MR) is 191 cm³/mol. The zero-order chi connectivity index (χ0) is 36.7. The molecule has 18 heteroatoms. The molecule has 0 saturated carbocycles. The number of carbonyl (C=O) groups is 3. The number of ketones is 1. The first-order chi connectivity index (χ1) is 23.6. The maximum Gasteiger partial charge on any atom is 0.480 e. The Hall–Kier alpha value is -2.90. The average molecular weight is 737 g/mol.